The molecule has 1 aromatic carbocycles. The van der Waals surface area contributed by atoms with Crippen molar-refractivity contribution >= 4 is 21.7 Å². The molecule has 0 bridgehead atoms. The van der Waals surface area contributed by atoms with Gasteiger partial charge in [0.2, 0.25) is 0 Å². The Morgan fingerprint density at radius 2 is 1.94 bits per heavy atom. The molecule has 0 heterocycles. The van der Waals surface area contributed by atoms with Gasteiger partial charge in [-0.15, -0.1) is 0 Å². The normalized spacial score (nSPS) is 15.8. The van der Waals surface area contributed by atoms with Gasteiger partial charge >= 0.3 is 0 Å². The maximum atomic E-state index is 13.7. The van der Waals surface area contributed by atoms with Crippen LogP contribution >= 0.6 is 15.9 Å². The van der Waals surface area contributed by atoms with E-state index in [-0.39, 0.29) is 11.3 Å². The minimum atomic E-state index is -0.467. The number of carbonyl (C=O) groups is 1. The lowest BCUT2D eigenvalue weighted by Crippen LogP contribution is -2.03. The number of halogens is 2. The van der Waals surface area contributed by atoms with E-state index in [0.717, 1.165) is 31.3 Å². The van der Waals surface area contributed by atoms with Crippen LogP contribution in [0.4, 0.5) is 4.39 Å². The summed E-state index contributed by atoms with van der Waals surface area (Å²) >= 11 is 3.09. The van der Waals surface area contributed by atoms with Gasteiger partial charge in [0.25, 0.3) is 0 Å². The summed E-state index contributed by atoms with van der Waals surface area (Å²) in [6, 6.07) is 4.81. The smallest absolute Gasteiger partial charge is 0.188 e. The third-order valence-electron chi connectivity index (χ3n) is 3.05. The first kappa shape index (κ1) is 12.5. The fourth-order valence-corrected chi connectivity index (χ4v) is 2.47. The fourth-order valence-electron chi connectivity index (χ4n) is 2.11. The maximum absolute atomic E-state index is 13.7. The number of hydrogen-bond acceptors (Lipinski definition) is 1. The molecule has 0 amide bonds. The summed E-state index contributed by atoms with van der Waals surface area (Å²) in [7, 11) is 0. The first-order valence-electron chi connectivity index (χ1n) is 5.86. The van der Waals surface area contributed by atoms with E-state index in [1.165, 1.54) is 12.5 Å². The number of benzene rings is 1. The number of carbonyl (C=O) groups excluding carboxylic acids is 1. The third-order valence-corrected chi connectivity index (χ3v) is 3.66. The average Bonchev–Trinajstić information content (AvgIpc) is 2.34. The van der Waals surface area contributed by atoms with Gasteiger partial charge in [0.05, 0.1) is 10.0 Å². The molecular weight excluding hydrogens is 283 g/mol. The van der Waals surface area contributed by atoms with Crippen LogP contribution in [0.5, 0.6) is 0 Å². The van der Waals surface area contributed by atoms with Crippen molar-refractivity contribution in [2.45, 2.75) is 32.1 Å². The molecule has 0 saturated heterocycles. The summed E-state index contributed by atoms with van der Waals surface area (Å²) in [5.74, 6) is -0.689. The first-order chi connectivity index (χ1) is 8.18. The third kappa shape index (κ3) is 3.03. The van der Waals surface area contributed by atoms with E-state index in [0.29, 0.717) is 4.47 Å². The van der Waals surface area contributed by atoms with Crippen LogP contribution < -0.4 is 0 Å². The molecular formula is C14H14BrFO. The number of allylic oxidation sites excluding steroid dienone is 2. The van der Waals surface area contributed by atoms with Gasteiger partial charge in [-0.1, -0.05) is 18.1 Å². The second-order valence-electron chi connectivity index (χ2n) is 4.33. The molecule has 0 unspecified atom stereocenters. The molecule has 0 radical (unpaired) electrons. The number of rotatable bonds is 2. The number of hydrogen-bond donors (Lipinski definition) is 0. The lowest BCUT2D eigenvalue weighted by Gasteiger charge is -2.13. The van der Waals surface area contributed by atoms with Crippen LogP contribution in [0.3, 0.4) is 0 Å². The van der Waals surface area contributed by atoms with Crippen molar-refractivity contribution in [1.29, 1.82) is 0 Å². The molecule has 17 heavy (non-hydrogen) atoms. The second-order valence-corrected chi connectivity index (χ2v) is 5.18. The molecule has 0 atom stereocenters. The van der Waals surface area contributed by atoms with Gasteiger partial charge in [0, 0.05) is 0 Å². The van der Waals surface area contributed by atoms with Gasteiger partial charge in [-0.3, -0.25) is 4.79 Å². The molecule has 1 aromatic rings. The van der Waals surface area contributed by atoms with Crippen LogP contribution in [-0.4, -0.2) is 5.78 Å². The van der Waals surface area contributed by atoms with Crippen LogP contribution in [-0.2, 0) is 0 Å². The van der Waals surface area contributed by atoms with Crippen LogP contribution in [0.25, 0.3) is 0 Å². The van der Waals surface area contributed by atoms with Gasteiger partial charge in [-0.2, -0.15) is 0 Å². The van der Waals surface area contributed by atoms with E-state index in [1.54, 1.807) is 18.2 Å². The zero-order valence-corrected chi connectivity index (χ0v) is 11.1. The van der Waals surface area contributed by atoms with E-state index >= 15 is 0 Å². The van der Waals surface area contributed by atoms with Gasteiger partial charge in [-0.05, 0) is 59.8 Å². The minimum Gasteiger partial charge on any atom is -0.289 e. The predicted octanol–water partition coefficient (Wildman–Crippen LogP) is 4.66. The van der Waals surface area contributed by atoms with Crippen molar-refractivity contribution in [3.05, 3.63) is 45.7 Å². The molecule has 0 aliphatic heterocycles. The summed E-state index contributed by atoms with van der Waals surface area (Å²) in [5.41, 5.74) is 1.30. The Bertz CT molecular complexity index is 457. The molecule has 2 rings (SSSR count). The van der Waals surface area contributed by atoms with Crippen molar-refractivity contribution in [1.82, 2.24) is 0 Å². The molecule has 90 valence electrons. The quantitative estimate of drug-likeness (QED) is 0.573. The van der Waals surface area contributed by atoms with Gasteiger partial charge in [-0.25, -0.2) is 4.39 Å². The lowest BCUT2D eigenvalue weighted by atomic mass is 9.93. The Balaban J connectivity index is 2.22. The van der Waals surface area contributed by atoms with E-state index in [4.69, 9.17) is 0 Å². The summed E-state index contributed by atoms with van der Waals surface area (Å²) in [4.78, 5) is 11.9. The predicted molar refractivity (Wildman–Crippen MR) is 69.6 cm³/mol. The maximum Gasteiger partial charge on any atom is 0.188 e. The van der Waals surface area contributed by atoms with Gasteiger partial charge < -0.3 is 0 Å². The molecule has 0 aromatic heterocycles. The zero-order chi connectivity index (χ0) is 12.3. The highest BCUT2D eigenvalue weighted by Gasteiger charge is 2.13. The molecule has 1 aliphatic rings. The van der Waals surface area contributed by atoms with E-state index in [9.17, 15) is 9.18 Å². The Labute approximate surface area is 109 Å². The van der Waals surface area contributed by atoms with E-state index in [1.807, 2.05) is 0 Å². The highest BCUT2D eigenvalue weighted by molar-refractivity contribution is 9.10. The Morgan fingerprint density at radius 1 is 1.24 bits per heavy atom. The lowest BCUT2D eigenvalue weighted by molar-refractivity contribution is 0.104. The van der Waals surface area contributed by atoms with Crippen LogP contribution in [0.1, 0.15) is 42.5 Å². The topological polar surface area (TPSA) is 17.1 Å². The highest BCUT2D eigenvalue weighted by atomic mass is 79.9. The standard InChI is InChI=1S/C14H14BrFO/c15-12-8-4-7-11(14(12)16)13(17)9-10-5-2-1-3-6-10/h4,7-9H,1-3,5-6H2. The summed E-state index contributed by atoms with van der Waals surface area (Å²) in [6.45, 7) is 0. The van der Waals surface area contributed by atoms with Crippen molar-refractivity contribution in [3.63, 3.8) is 0 Å². The van der Waals surface area contributed by atoms with Crippen molar-refractivity contribution in [2.75, 3.05) is 0 Å². The molecule has 1 fully saturated rings. The van der Waals surface area contributed by atoms with E-state index in [2.05, 4.69) is 15.9 Å². The molecule has 0 spiro atoms. The minimum absolute atomic E-state index is 0.150. The SMILES string of the molecule is O=C(C=C1CCCCC1)c1cccc(Br)c1F. The monoisotopic (exact) mass is 296 g/mol. The van der Waals surface area contributed by atoms with Crippen molar-refractivity contribution < 1.29 is 9.18 Å². The first-order valence-corrected chi connectivity index (χ1v) is 6.65. The summed E-state index contributed by atoms with van der Waals surface area (Å²) in [6.07, 6.45) is 7.07. The average molecular weight is 297 g/mol. The summed E-state index contributed by atoms with van der Waals surface area (Å²) < 4.78 is 14.0. The van der Waals surface area contributed by atoms with Crippen molar-refractivity contribution in [2.24, 2.45) is 0 Å². The Morgan fingerprint density at radius 3 is 2.65 bits per heavy atom. The second kappa shape index (κ2) is 5.58. The zero-order valence-electron chi connectivity index (χ0n) is 9.51. The van der Waals surface area contributed by atoms with E-state index < -0.39 is 5.82 Å². The largest absolute Gasteiger partial charge is 0.289 e. The van der Waals surface area contributed by atoms with Gasteiger partial charge in [0.1, 0.15) is 5.82 Å². The Hall–Kier alpha value is -0.960. The van der Waals surface area contributed by atoms with Crippen LogP contribution in [0.2, 0.25) is 0 Å². The number of ketones is 1. The molecule has 0 N–H and O–H groups in total. The van der Waals surface area contributed by atoms with Gasteiger partial charge in [0.15, 0.2) is 5.78 Å². The van der Waals surface area contributed by atoms with Crippen molar-refractivity contribution in [3.8, 4) is 0 Å². The molecule has 1 nitrogen and oxygen atoms in total. The highest BCUT2D eigenvalue weighted by Crippen LogP contribution is 2.24. The Kier molecular flexibility index (Phi) is 4.11. The van der Waals surface area contributed by atoms with Crippen LogP contribution in [0, 0.1) is 5.82 Å². The molecule has 3 heteroatoms. The molecule has 1 aliphatic carbocycles. The van der Waals surface area contributed by atoms with Crippen LogP contribution in [0.15, 0.2) is 34.3 Å². The summed E-state index contributed by atoms with van der Waals surface area (Å²) in [5, 5.41) is 0. The molecule has 1 saturated carbocycles. The fraction of sp³-hybridized carbons (Fsp3) is 0.357.